The molecule has 0 saturated carbocycles. The van der Waals surface area contributed by atoms with Gasteiger partial charge < -0.3 is 9.47 Å². The largest absolute Gasteiger partial charge is 0.465 e. The molecular weight excluding hydrogens is 258 g/mol. The topological polar surface area (TPSA) is 65.5 Å². The molecule has 0 aliphatic rings. The number of nitrogens with zero attached hydrogens (tertiary/aromatic N) is 1. The van der Waals surface area contributed by atoms with E-state index in [2.05, 4.69) is 9.72 Å². The van der Waals surface area contributed by atoms with E-state index in [1.165, 1.54) is 20.3 Å². The molecule has 2 aromatic rings. The average molecular weight is 271 g/mol. The van der Waals surface area contributed by atoms with Gasteiger partial charge in [-0.3, -0.25) is 4.98 Å². The molecule has 1 aromatic heterocycles. The van der Waals surface area contributed by atoms with Crippen LogP contribution in [0.25, 0.3) is 11.3 Å². The predicted octanol–water partition coefficient (Wildman–Crippen LogP) is 2.32. The summed E-state index contributed by atoms with van der Waals surface area (Å²) < 4.78 is 9.39. The second-order valence-corrected chi connectivity index (χ2v) is 3.96. The van der Waals surface area contributed by atoms with Crippen molar-refractivity contribution in [3.05, 3.63) is 53.7 Å². The molecule has 102 valence electrons. The van der Waals surface area contributed by atoms with E-state index in [0.717, 1.165) is 0 Å². The molecule has 0 N–H and O–H groups in total. The highest BCUT2D eigenvalue weighted by atomic mass is 16.5. The van der Waals surface area contributed by atoms with E-state index in [0.29, 0.717) is 11.3 Å². The van der Waals surface area contributed by atoms with E-state index in [1.807, 2.05) is 6.07 Å². The highest BCUT2D eigenvalue weighted by Crippen LogP contribution is 2.24. The smallest absolute Gasteiger partial charge is 0.338 e. The number of esters is 2. The summed E-state index contributed by atoms with van der Waals surface area (Å²) in [6, 6.07) is 10.1. The fraction of sp³-hybridized carbons (Fsp3) is 0.133. The normalized spacial score (nSPS) is 9.90. The van der Waals surface area contributed by atoms with Gasteiger partial charge in [-0.05, 0) is 24.3 Å². The van der Waals surface area contributed by atoms with Gasteiger partial charge in [0.05, 0.1) is 31.0 Å². The van der Waals surface area contributed by atoms with Crippen molar-refractivity contribution in [1.29, 1.82) is 0 Å². The summed E-state index contributed by atoms with van der Waals surface area (Å²) in [5, 5.41) is 0. The molecule has 0 spiro atoms. The molecule has 2 rings (SSSR count). The van der Waals surface area contributed by atoms with Gasteiger partial charge in [0.2, 0.25) is 0 Å². The molecule has 0 fully saturated rings. The number of methoxy groups -OCH3 is 2. The zero-order valence-corrected chi connectivity index (χ0v) is 11.1. The third-order valence-electron chi connectivity index (χ3n) is 2.79. The number of hydrogen-bond donors (Lipinski definition) is 0. The van der Waals surface area contributed by atoms with Crippen molar-refractivity contribution >= 4 is 11.9 Å². The average Bonchev–Trinajstić information content (AvgIpc) is 2.53. The first-order chi connectivity index (χ1) is 9.67. The summed E-state index contributed by atoms with van der Waals surface area (Å²) in [5.41, 5.74) is 1.79. The zero-order valence-electron chi connectivity index (χ0n) is 11.1. The number of benzene rings is 1. The van der Waals surface area contributed by atoms with E-state index in [9.17, 15) is 9.59 Å². The van der Waals surface area contributed by atoms with Gasteiger partial charge >= 0.3 is 11.9 Å². The lowest BCUT2D eigenvalue weighted by molar-refractivity contribution is 0.0600. The van der Waals surface area contributed by atoms with Gasteiger partial charge in [0, 0.05) is 11.8 Å². The molecule has 0 saturated heterocycles. The summed E-state index contributed by atoms with van der Waals surface area (Å²) >= 11 is 0. The molecule has 0 aliphatic heterocycles. The molecule has 1 aromatic carbocycles. The van der Waals surface area contributed by atoms with Crippen LogP contribution in [0.3, 0.4) is 0 Å². The van der Waals surface area contributed by atoms with Crippen LogP contribution in [0.15, 0.2) is 42.6 Å². The number of ether oxygens (including phenoxy) is 2. The Morgan fingerprint density at radius 3 is 2.35 bits per heavy atom. The second kappa shape index (κ2) is 5.97. The number of hydrogen-bond acceptors (Lipinski definition) is 5. The number of carbonyl (C=O) groups excluding carboxylic acids is 2. The molecule has 0 unspecified atom stereocenters. The molecule has 5 nitrogen and oxygen atoms in total. The van der Waals surface area contributed by atoms with Crippen LogP contribution < -0.4 is 0 Å². The first-order valence-electron chi connectivity index (χ1n) is 5.89. The Morgan fingerprint density at radius 1 is 1.00 bits per heavy atom. The van der Waals surface area contributed by atoms with Crippen LogP contribution in [-0.4, -0.2) is 31.1 Å². The Hall–Kier alpha value is -2.69. The monoisotopic (exact) mass is 271 g/mol. The van der Waals surface area contributed by atoms with E-state index < -0.39 is 11.9 Å². The molecule has 0 radical (unpaired) electrons. The first kappa shape index (κ1) is 13.7. The van der Waals surface area contributed by atoms with Gasteiger partial charge in [0.15, 0.2) is 0 Å². The second-order valence-electron chi connectivity index (χ2n) is 3.96. The molecule has 5 heteroatoms. The molecule has 0 bridgehead atoms. The van der Waals surface area contributed by atoms with Gasteiger partial charge in [-0.1, -0.05) is 12.1 Å². The Kier molecular flexibility index (Phi) is 4.10. The lowest BCUT2D eigenvalue weighted by Crippen LogP contribution is -2.08. The summed E-state index contributed by atoms with van der Waals surface area (Å²) in [6.07, 6.45) is 1.63. The third-order valence-corrected chi connectivity index (χ3v) is 2.79. The van der Waals surface area contributed by atoms with Gasteiger partial charge in [-0.2, -0.15) is 0 Å². The van der Waals surface area contributed by atoms with Crippen molar-refractivity contribution in [1.82, 2.24) is 4.98 Å². The molecule has 0 atom stereocenters. The lowest BCUT2D eigenvalue weighted by atomic mass is 10.0. The van der Waals surface area contributed by atoms with Crippen LogP contribution in [0.1, 0.15) is 20.7 Å². The molecule has 0 aliphatic carbocycles. The van der Waals surface area contributed by atoms with Crippen LogP contribution in [0.5, 0.6) is 0 Å². The van der Waals surface area contributed by atoms with Gasteiger partial charge in [-0.15, -0.1) is 0 Å². The van der Waals surface area contributed by atoms with Crippen molar-refractivity contribution in [2.24, 2.45) is 0 Å². The number of carbonyl (C=O) groups is 2. The molecule has 0 amide bonds. The van der Waals surface area contributed by atoms with Crippen molar-refractivity contribution < 1.29 is 19.1 Å². The van der Waals surface area contributed by atoms with Gasteiger partial charge in [0.1, 0.15) is 0 Å². The van der Waals surface area contributed by atoms with Crippen molar-refractivity contribution in [2.45, 2.75) is 0 Å². The SMILES string of the molecule is COC(=O)c1ccc(-c2ccccn2)c(C(=O)OC)c1. The van der Waals surface area contributed by atoms with Crippen LogP contribution in [-0.2, 0) is 9.47 Å². The van der Waals surface area contributed by atoms with Crippen LogP contribution >= 0.6 is 0 Å². The summed E-state index contributed by atoms with van der Waals surface area (Å²) in [6.45, 7) is 0. The summed E-state index contributed by atoms with van der Waals surface area (Å²) in [7, 11) is 2.57. The number of pyridine rings is 1. The van der Waals surface area contributed by atoms with E-state index >= 15 is 0 Å². The van der Waals surface area contributed by atoms with Crippen molar-refractivity contribution in [3.8, 4) is 11.3 Å². The first-order valence-corrected chi connectivity index (χ1v) is 5.89. The van der Waals surface area contributed by atoms with E-state index in [4.69, 9.17) is 4.74 Å². The fourth-order valence-corrected chi connectivity index (χ4v) is 1.81. The number of aromatic nitrogens is 1. The van der Waals surface area contributed by atoms with E-state index in [1.54, 1.807) is 30.5 Å². The molecule has 1 heterocycles. The Bertz CT molecular complexity index is 638. The highest BCUT2D eigenvalue weighted by molar-refractivity contribution is 6.00. The van der Waals surface area contributed by atoms with Gasteiger partial charge in [0.25, 0.3) is 0 Å². The number of rotatable bonds is 3. The summed E-state index contributed by atoms with van der Waals surface area (Å²) in [4.78, 5) is 27.6. The van der Waals surface area contributed by atoms with Crippen LogP contribution in [0, 0.1) is 0 Å². The fourth-order valence-electron chi connectivity index (χ4n) is 1.81. The standard InChI is InChI=1S/C15H13NO4/c1-19-14(17)10-6-7-11(12(9-10)15(18)20-2)13-5-3-4-8-16-13/h3-9H,1-2H3. The van der Waals surface area contributed by atoms with Crippen LogP contribution in [0.4, 0.5) is 0 Å². The Labute approximate surface area is 116 Å². The summed E-state index contributed by atoms with van der Waals surface area (Å²) in [5.74, 6) is -1.04. The Balaban J connectivity index is 2.57. The zero-order chi connectivity index (χ0) is 14.5. The van der Waals surface area contributed by atoms with Gasteiger partial charge in [-0.25, -0.2) is 9.59 Å². The minimum absolute atomic E-state index is 0.272. The highest BCUT2D eigenvalue weighted by Gasteiger charge is 2.17. The maximum absolute atomic E-state index is 11.9. The van der Waals surface area contributed by atoms with Crippen molar-refractivity contribution in [3.63, 3.8) is 0 Å². The minimum atomic E-state index is -0.531. The quantitative estimate of drug-likeness (QED) is 0.801. The minimum Gasteiger partial charge on any atom is -0.465 e. The van der Waals surface area contributed by atoms with Crippen molar-refractivity contribution in [2.75, 3.05) is 14.2 Å². The predicted molar refractivity (Wildman–Crippen MR) is 72.4 cm³/mol. The van der Waals surface area contributed by atoms with Crippen LogP contribution in [0.2, 0.25) is 0 Å². The molecular formula is C15H13NO4. The maximum atomic E-state index is 11.9. The molecule has 20 heavy (non-hydrogen) atoms. The maximum Gasteiger partial charge on any atom is 0.338 e. The van der Waals surface area contributed by atoms with E-state index in [-0.39, 0.29) is 11.1 Å². The lowest BCUT2D eigenvalue weighted by Gasteiger charge is -2.09. The third kappa shape index (κ3) is 2.66. The Morgan fingerprint density at radius 2 is 1.75 bits per heavy atom.